The molecular formula is C25H23Cl3N4O2. The zero-order valence-electron chi connectivity index (χ0n) is 18.4. The fourth-order valence-electron chi connectivity index (χ4n) is 5.22. The molecule has 1 aliphatic carbocycles. The summed E-state index contributed by atoms with van der Waals surface area (Å²) in [6.07, 6.45) is 2.64. The lowest BCUT2D eigenvalue weighted by Gasteiger charge is -2.39. The van der Waals surface area contributed by atoms with Crippen molar-refractivity contribution >= 4 is 52.2 Å². The minimum absolute atomic E-state index is 0.0667. The average molecular weight is 518 g/mol. The molecule has 9 heteroatoms. The minimum atomic E-state index is -0.392. The van der Waals surface area contributed by atoms with E-state index in [9.17, 15) is 9.90 Å². The van der Waals surface area contributed by atoms with E-state index in [0.717, 1.165) is 53.7 Å². The van der Waals surface area contributed by atoms with Crippen LogP contribution in [0.5, 0.6) is 5.75 Å². The van der Waals surface area contributed by atoms with Crippen molar-refractivity contribution in [2.75, 3.05) is 24.2 Å². The Kier molecular flexibility index (Phi) is 6.34. The van der Waals surface area contributed by atoms with Crippen LogP contribution < -0.4 is 10.6 Å². The summed E-state index contributed by atoms with van der Waals surface area (Å²) in [4.78, 5) is 19.1. The Labute approximate surface area is 212 Å². The summed E-state index contributed by atoms with van der Waals surface area (Å²) in [5.74, 6) is 0.163. The molecular weight excluding hydrogens is 495 g/mol. The number of nitrogens with one attached hydrogen (secondary N) is 2. The van der Waals surface area contributed by atoms with Crippen LogP contribution >= 0.6 is 34.8 Å². The third-order valence-corrected chi connectivity index (χ3v) is 7.42. The lowest BCUT2D eigenvalue weighted by atomic mass is 9.74. The Morgan fingerprint density at radius 2 is 1.82 bits per heavy atom. The number of rotatable bonds is 2. The molecule has 0 saturated carbocycles. The number of aromatic hydroxyl groups is 1. The molecule has 0 saturated heterocycles. The average Bonchev–Trinajstić information content (AvgIpc) is 2.90. The summed E-state index contributed by atoms with van der Waals surface area (Å²) in [5, 5.41) is 16.9. The van der Waals surface area contributed by atoms with E-state index >= 15 is 0 Å². The number of benzene rings is 2. The smallest absolute Gasteiger partial charge is 0.323 e. The van der Waals surface area contributed by atoms with Gasteiger partial charge in [0.25, 0.3) is 0 Å². The molecule has 2 amide bonds. The highest BCUT2D eigenvalue weighted by Crippen LogP contribution is 2.46. The van der Waals surface area contributed by atoms with E-state index in [4.69, 9.17) is 34.8 Å². The predicted molar refractivity (Wildman–Crippen MR) is 137 cm³/mol. The number of hydrogen-bond donors (Lipinski definition) is 3. The van der Waals surface area contributed by atoms with E-state index in [-0.39, 0.29) is 22.0 Å². The highest BCUT2D eigenvalue weighted by atomic mass is 35.5. The standard InChI is InChI=1S/C25H23Cl3N4O2/c1-32-8-7-13-9-18(26)21(33)12-17(13)24-16-3-2-4-19(15(16)5-6-20(24)32)30-25(34)29-14-10-22(27)31-23(28)11-14/h2-4,9-12,20,24,33H,5-8H2,1H3,(H2,29,30,31,34)/t20-,24+/m0/s1. The first-order valence-corrected chi connectivity index (χ1v) is 12.2. The van der Waals surface area contributed by atoms with Gasteiger partial charge in [0.05, 0.1) is 5.02 Å². The topological polar surface area (TPSA) is 77.5 Å². The lowest BCUT2D eigenvalue weighted by molar-refractivity contribution is 0.214. The highest BCUT2D eigenvalue weighted by molar-refractivity contribution is 6.33. The lowest BCUT2D eigenvalue weighted by Crippen LogP contribution is -2.40. The number of pyridine rings is 1. The molecule has 3 aromatic rings. The molecule has 3 N–H and O–H groups in total. The van der Waals surface area contributed by atoms with E-state index in [1.807, 2.05) is 24.3 Å². The molecule has 0 fully saturated rings. The molecule has 0 bridgehead atoms. The van der Waals surface area contributed by atoms with Crippen LogP contribution in [0.4, 0.5) is 16.2 Å². The summed E-state index contributed by atoms with van der Waals surface area (Å²) in [7, 11) is 2.15. The molecule has 2 heterocycles. The van der Waals surface area contributed by atoms with Crippen molar-refractivity contribution in [3.05, 3.63) is 80.0 Å². The molecule has 0 spiro atoms. The van der Waals surface area contributed by atoms with E-state index < -0.39 is 6.03 Å². The fourth-order valence-corrected chi connectivity index (χ4v) is 5.86. The van der Waals surface area contributed by atoms with Crippen molar-refractivity contribution in [3.8, 4) is 5.75 Å². The van der Waals surface area contributed by atoms with Crippen molar-refractivity contribution in [2.24, 2.45) is 0 Å². The largest absolute Gasteiger partial charge is 0.506 e. The number of carbonyl (C=O) groups is 1. The molecule has 34 heavy (non-hydrogen) atoms. The van der Waals surface area contributed by atoms with Crippen molar-refractivity contribution in [1.29, 1.82) is 0 Å². The quantitative estimate of drug-likeness (QED) is 0.347. The maximum Gasteiger partial charge on any atom is 0.323 e. The van der Waals surface area contributed by atoms with Crippen LogP contribution in [0.25, 0.3) is 0 Å². The van der Waals surface area contributed by atoms with Crippen LogP contribution in [0.1, 0.15) is 34.6 Å². The maximum absolute atomic E-state index is 12.8. The fraction of sp³-hybridized carbons (Fsp3) is 0.280. The van der Waals surface area contributed by atoms with Gasteiger partial charge in [-0.2, -0.15) is 0 Å². The molecule has 1 aliphatic heterocycles. The molecule has 0 unspecified atom stereocenters. The second kappa shape index (κ2) is 9.27. The number of phenols is 1. The third-order valence-electron chi connectivity index (χ3n) is 6.73. The van der Waals surface area contributed by atoms with E-state index in [1.165, 1.54) is 12.1 Å². The maximum atomic E-state index is 12.8. The first-order valence-electron chi connectivity index (χ1n) is 11.0. The number of hydrogen-bond acceptors (Lipinski definition) is 4. The van der Waals surface area contributed by atoms with Gasteiger partial charge in [-0.15, -0.1) is 0 Å². The summed E-state index contributed by atoms with van der Waals surface area (Å²) in [5.41, 5.74) is 5.71. The van der Waals surface area contributed by atoms with Crippen LogP contribution in [0.2, 0.25) is 15.3 Å². The molecule has 5 rings (SSSR count). The van der Waals surface area contributed by atoms with Gasteiger partial charge < -0.3 is 20.6 Å². The van der Waals surface area contributed by atoms with Crippen molar-refractivity contribution in [1.82, 2.24) is 9.88 Å². The third kappa shape index (κ3) is 4.43. The van der Waals surface area contributed by atoms with Gasteiger partial charge in [-0.25, -0.2) is 9.78 Å². The second-order valence-corrected chi connectivity index (χ2v) is 9.95. The monoisotopic (exact) mass is 516 g/mol. The van der Waals surface area contributed by atoms with Gasteiger partial charge in [0.15, 0.2) is 0 Å². The van der Waals surface area contributed by atoms with E-state index in [0.29, 0.717) is 16.8 Å². The minimum Gasteiger partial charge on any atom is -0.506 e. The molecule has 2 atom stereocenters. The normalized spacial score (nSPS) is 19.4. The van der Waals surface area contributed by atoms with Crippen molar-refractivity contribution in [3.63, 3.8) is 0 Å². The zero-order valence-corrected chi connectivity index (χ0v) is 20.7. The van der Waals surface area contributed by atoms with Crippen LogP contribution in [-0.2, 0) is 12.8 Å². The van der Waals surface area contributed by atoms with E-state index in [1.54, 1.807) is 0 Å². The molecule has 0 radical (unpaired) electrons. The first kappa shape index (κ1) is 23.2. The van der Waals surface area contributed by atoms with Gasteiger partial charge in [0, 0.05) is 29.9 Å². The molecule has 6 nitrogen and oxygen atoms in total. The number of amides is 2. The van der Waals surface area contributed by atoms with E-state index in [2.05, 4.69) is 33.6 Å². The van der Waals surface area contributed by atoms with Crippen LogP contribution in [0.15, 0.2) is 42.5 Å². The van der Waals surface area contributed by atoms with Crippen molar-refractivity contribution < 1.29 is 9.90 Å². The van der Waals surface area contributed by atoms with Crippen LogP contribution in [0, 0.1) is 0 Å². The Hall–Kier alpha value is -2.51. The van der Waals surface area contributed by atoms with Gasteiger partial charge >= 0.3 is 6.03 Å². The Bertz CT molecular complexity index is 1260. The van der Waals surface area contributed by atoms with Gasteiger partial charge in [-0.1, -0.05) is 46.9 Å². The molecule has 2 aromatic carbocycles. The zero-order chi connectivity index (χ0) is 24.0. The van der Waals surface area contributed by atoms with Gasteiger partial charge in [-0.05, 0) is 78.9 Å². The number of aromatic nitrogens is 1. The Balaban J connectivity index is 1.49. The number of carbonyl (C=O) groups excluding carboxylic acids is 1. The number of likely N-dealkylation sites (N-methyl/N-ethyl adjacent to an activating group) is 1. The Morgan fingerprint density at radius 1 is 1.06 bits per heavy atom. The SMILES string of the molecule is CN1CCc2cc(Cl)c(O)cc2[C@H]2c3cccc(NC(=O)Nc4cc(Cl)nc(Cl)c4)c3CC[C@@H]21. The number of anilines is 2. The van der Waals surface area contributed by atoms with Crippen LogP contribution in [-0.4, -0.2) is 40.7 Å². The second-order valence-electron chi connectivity index (χ2n) is 8.77. The predicted octanol–water partition coefficient (Wildman–Crippen LogP) is 6.33. The van der Waals surface area contributed by atoms with Gasteiger partial charge in [-0.3, -0.25) is 0 Å². The molecule has 176 valence electrons. The number of urea groups is 1. The number of halogens is 3. The number of fused-ring (bicyclic) bond motifs is 5. The highest BCUT2D eigenvalue weighted by Gasteiger charge is 2.37. The molecule has 2 aliphatic rings. The first-order chi connectivity index (χ1) is 16.3. The molecule has 1 aromatic heterocycles. The van der Waals surface area contributed by atoms with Gasteiger partial charge in [0.2, 0.25) is 0 Å². The summed E-state index contributed by atoms with van der Waals surface area (Å²) in [6, 6.07) is 12.7. The number of nitrogens with zero attached hydrogens (tertiary/aromatic N) is 2. The summed E-state index contributed by atoms with van der Waals surface area (Å²) in [6.45, 7) is 0.919. The Morgan fingerprint density at radius 3 is 2.59 bits per heavy atom. The summed E-state index contributed by atoms with van der Waals surface area (Å²) < 4.78 is 0. The number of phenolic OH excluding ortho intramolecular Hbond substituents is 1. The van der Waals surface area contributed by atoms with Gasteiger partial charge in [0.1, 0.15) is 16.1 Å². The van der Waals surface area contributed by atoms with Crippen LogP contribution in [0.3, 0.4) is 0 Å². The summed E-state index contributed by atoms with van der Waals surface area (Å²) >= 11 is 18.1. The van der Waals surface area contributed by atoms with Crippen molar-refractivity contribution in [2.45, 2.75) is 31.2 Å².